The highest BCUT2D eigenvalue weighted by Crippen LogP contribution is 2.19. The fraction of sp³-hybridized carbons (Fsp3) is 0.562. The van der Waals surface area contributed by atoms with Gasteiger partial charge in [-0.15, -0.1) is 0 Å². The highest BCUT2D eigenvalue weighted by atomic mass is 32.2. The summed E-state index contributed by atoms with van der Waals surface area (Å²) in [5.41, 5.74) is 2.18. The van der Waals surface area contributed by atoms with E-state index >= 15 is 0 Å². The second kappa shape index (κ2) is 8.08. The first kappa shape index (κ1) is 18.2. The minimum atomic E-state index is -2.95. The lowest BCUT2D eigenvalue weighted by molar-refractivity contribution is 0.166. The molecule has 0 amide bonds. The van der Waals surface area contributed by atoms with Crippen molar-refractivity contribution in [3.8, 4) is 0 Å². The number of thiocarbonyl (C=S) groups is 1. The second-order valence-electron chi connectivity index (χ2n) is 5.72. The lowest BCUT2D eigenvalue weighted by Gasteiger charge is -2.30. The van der Waals surface area contributed by atoms with E-state index < -0.39 is 9.84 Å². The van der Waals surface area contributed by atoms with Crippen LogP contribution in [-0.4, -0.2) is 56.2 Å². The summed E-state index contributed by atoms with van der Waals surface area (Å²) >= 11 is 5.51. The lowest BCUT2D eigenvalue weighted by Crippen LogP contribution is -2.45. The number of rotatable bonds is 6. The van der Waals surface area contributed by atoms with Gasteiger partial charge in [0, 0.05) is 25.4 Å². The smallest absolute Gasteiger partial charge is 0.173 e. The van der Waals surface area contributed by atoms with Crippen LogP contribution in [0.3, 0.4) is 0 Å². The summed E-state index contributed by atoms with van der Waals surface area (Å²) in [5, 5.41) is 3.76. The van der Waals surface area contributed by atoms with Gasteiger partial charge in [-0.2, -0.15) is 0 Å². The Hall–Kier alpha value is -1.18. The van der Waals surface area contributed by atoms with E-state index in [2.05, 4.69) is 24.4 Å². The van der Waals surface area contributed by atoms with Crippen molar-refractivity contribution in [2.75, 3.05) is 37.1 Å². The SMILES string of the molecule is CCc1ccc(NC(=S)N(CCOC)[C@H]2CCS(=O)(=O)C2)cc1. The summed E-state index contributed by atoms with van der Waals surface area (Å²) in [6.07, 6.45) is 1.60. The van der Waals surface area contributed by atoms with Gasteiger partial charge in [-0.25, -0.2) is 8.42 Å². The van der Waals surface area contributed by atoms with Gasteiger partial charge < -0.3 is 15.0 Å². The Morgan fingerprint density at radius 1 is 1.39 bits per heavy atom. The van der Waals surface area contributed by atoms with Gasteiger partial charge in [0.05, 0.1) is 18.1 Å². The van der Waals surface area contributed by atoms with Gasteiger partial charge >= 0.3 is 0 Å². The predicted molar refractivity (Wildman–Crippen MR) is 97.7 cm³/mol. The fourth-order valence-corrected chi connectivity index (χ4v) is 4.77. The Morgan fingerprint density at radius 2 is 2.09 bits per heavy atom. The van der Waals surface area contributed by atoms with Crippen LogP contribution in [0.5, 0.6) is 0 Å². The van der Waals surface area contributed by atoms with Gasteiger partial charge in [0.1, 0.15) is 0 Å². The van der Waals surface area contributed by atoms with Gasteiger partial charge in [0.2, 0.25) is 0 Å². The highest BCUT2D eigenvalue weighted by molar-refractivity contribution is 7.91. The average molecular weight is 357 g/mol. The summed E-state index contributed by atoms with van der Waals surface area (Å²) in [4.78, 5) is 1.94. The normalized spacial score (nSPS) is 19.5. The number of nitrogens with zero attached hydrogens (tertiary/aromatic N) is 1. The molecule has 1 heterocycles. The molecule has 1 atom stereocenters. The van der Waals surface area contributed by atoms with Crippen molar-refractivity contribution in [2.24, 2.45) is 0 Å². The van der Waals surface area contributed by atoms with Gasteiger partial charge in [-0.1, -0.05) is 19.1 Å². The van der Waals surface area contributed by atoms with Gasteiger partial charge in [0.25, 0.3) is 0 Å². The number of aryl methyl sites for hydroxylation is 1. The topological polar surface area (TPSA) is 58.6 Å². The van der Waals surface area contributed by atoms with Crippen LogP contribution in [0.4, 0.5) is 5.69 Å². The van der Waals surface area contributed by atoms with Crippen LogP contribution in [0.1, 0.15) is 18.9 Å². The summed E-state index contributed by atoms with van der Waals surface area (Å²) < 4.78 is 28.6. The molecule has 0 spiro atoms. The summed E-state index contributed by atoms with van der Waals surface area (Å²) in [6, 6.07) is 8.02. The maximum atomic E-state index is 11.7. The Bertz CT molecular complexity index is 629. The van der Waals surface area contributed by atoms with E-state index in [1.54, 1.807) is 7.11 Å². The molecule has 0 aromatic heterocycles. The van der Waals surface area contributed by atoms with Crippen LogP contribution < -0.4 is 5.32 Å². The zero-order chi connectivity index (χ0) is 16.9. The van der Waals surface area contributed by atoms with Crippen LogP contribution in [0.15, 0.2) is 24.3 Å². The molecule has 23 heavy (non-hydrogen) atoms. The van der Waals surface area contributed by atoms with Crippen molar-refractivity contribution in [1.82, 2.24) is 4.90 Å². The number of hydrogen-bond acceptors (Lipinski definition) is 4. The largest absolute Gasteiger partial charge is 0.383 e. The molecule has 1 aromatic carbocycles. The number of anilines is 1. The van der Waals surface area contributed by atoms with Crippen molar-refractivity contribution in [3.63, 3.8) is 0 Å². The monoisotopic (exact) mass is 356 g/mol. The molecule has 1 N–H and O–H groups in total. The maximum Gasteiger partial charge on any atom is 0.173 e. The Labute approximate surface area is 143 Å². The zero-order valence-corrected chi connectivity index (χ0v) is 15.3. The molecule has 0 unspecified atom stereocenters. The van der Waals surface area contributed by atoms with Crippen molar-refractivity contribution in [2.45, 2.75) is 25.8 Å². The third-order valence-electron chi connectivity index (χ3n) is 4.06. The third kappa shape index (κ3) is 5.16. The van der Waals surface area contributed by atoms with Gasteiger partial charge in [-0.05, 0) is 42.8 Å². The Balaban J connectivity index is 2.06. The number of ether oxygens (including phenoxy) is 1. The van der Waals surface area contributed by atoms with E-state index in [9.17, 15) is 8.42 Å². The molecule has 0 aliphatic carbocycles. The van der Waals surface area contributed by atoms with Crippen molar-refractivity contribution in [1.29, 1.82) is 0 Å². The van der Waals surface area contributed by atoms with E-state index in [4.69, 9.17) is 17.0 Å². The molecule has 1 fully saturated rings. The average Bonchev–Trinajstić information content (AvgIpc) is 2.88. The molecule has 0 saturated carbocycles. The second-order valence-corrected chi connectivity index (χ2v) is 8.34. The van der Waals surface area contributed by atoms with E-state index in [0.717, 1.165) is 12.1 Å². The fourth-order valence-electron chi connectivity index (χ4n) is 2.68. The van der Waals surface area contributed by atoms with Crippen LogP contribution in [0.25, 0.3) is 0 Å². The Kier molecular flexibility index (Phi) is 6.38. The van der Waals surface area contributed by atoms with Crippen molar-refractivity contribution in [3.05, 3.63) is 29.8 Å². The molecule has 128 valence electrons. The molecule has 7 heteroatoms. The number of methoxy groups -OCH3 is 1. The van der Waals surface area contributed by atoms with Crippen LogP contribution in [0.2, 0.25) is 0 Å². The van der Waals surface area contributed by atoms with E-state index in [1.807, 2.05) is 17.0 Å². The molecule has 2 rings (SSSR count). The molecule has 1 aromatic rings. The standard InChI is InChI=1S/C16H24N2O3S2/c1-3-13-4-6-14(7-5-13)17-16(22)18(9-10-21-2)15-8-11-23(19,20)12-15/h4-7,15H,3,8-12H2,1-2H3,(H,17,22)/t15-/m0/s1. The molecule has 5 nitrogen and oxygen atoms in total. The first-order valence-corrected chi connectivity index (χ1v) is 10.0. The molecule has 0 radical (unpaired) electrons. The number of benzene rings is 1. The number of hydrogen-bond donors (Lipinski definition) is 1. The van der Waals surface area contributed by atoms with Gasteiger partial charge in [-0.3, -0.25) is 0 Å². The summed E-state index contributed by atoms with van der Waals surface area (Å²) in [5.74, 6) is 0.391. The van der Waals surface area contributed by atoms with E-state index in [1.165, 1.54) is 5.56 Å². The number of nitrogens with one attached hydrogen (secondary N) is 1. The molecule has 1 saturated heterocycles. The third-order valence-corrected chi connectivity index (χ3v) is 6.15. The lowest BCUT2D eigenvalue weighted by atomic mass is 10.1. The Morgan fingerprint density at radius 3 is 2.61 bits per heavy atom. The van der Waals surface area contributed by atoms with Crippen LogP contribution in [0, 0.1) is 0 Å². The first-order chi connectivity index (χ1) is 10.9. The molecule has 0 bridgehead atoms. The number of sulfone groups is 1. The summed E-state index contributed by atoms with van der Waals surface area (Å²) in [7, 11) is -1.32. The molecule has 1 aliphatic rings. The van der Waals surface area contributed by atoms with Crippen molar-refractivity contribution >= 4 is 32.9 Å². The molecular formula is C16H24N2O3S2. The molecular weight excluding hydrogens is 332 g/mol. The zero-order valence-electron chi connectivity index (χ0n) is 13.6. The predicted octanol–water partition coefficient (Wildman–Crippen LogP) is 2.08. The maximum absolute atomic E-state index is 11.7. The van der Waals surface area contributed by atoms with E-state index in [0.29, 0.717) is 24.7 Å². The minimum absolute atomic E-state index is 0.0786. The van der Waals surface area contributed by atoms with Crippen LogP contribution >= 0.6 is 12.2 Å². The minimum Gasteiger partial charge on any atom is -0.383 e. The molecule has 1 aliphatic heterocycles. The van der Waals surface area contributed by atoms with E-state index in [-0.39, 0.29) is 17.5 Å². The van der Waals surface area contributed by atoms with Gasteiger partial charge in [0.15, 0.2) is 14.9 Å². The van der Waals surface area contributed by atoms with Crippen molar-refractivity contribution < 1.29 is 13.2 Å². The first-order valence-electron chi connectivity index (χ1n) is 7.81. The van der Waals surface area contributed by atoms with Crippen LogP contribution in [-0.2, 0) is 21.0 Å². The summed E-state index contributed by atoms with van der Waals surface area (Å²) in [6.45, 7) is 3.20. The quantitative estimate of drug-likeness (QED) is 0.788. The highest BCUT2D eigenvalue weighted by Gasteiger charge is 2.33.